The van der Waals surface area contributed by atoms with Crippen LogP contribution in [0.2, 0.25) is 0 Å². The van der Waals surface area contributed by atoms with Gasteiger partial charge in [-0.3, -0.25) is 0 Å². The Morgan fingerprint density at radius 3 is 2.71 bits per heavy atom. The summed E-state index contributed by atoms with van der Waals surface area (Å²) in [5.41, 5.74) is 5.89. The van der Waals surface area contributed by atoms with Crippen molar-refractivity contribution in [3.63, 3.8) is 0 Å². The highest BCUT2D eigenvalue weighted by molar-refractivity contribution is 9.11. The monoisotopic (exact) mass is 276 g/mol. The molecule has 1 rings (SSSR count). The second-order valence-electron chi connectivity index (χ2n) is 4.15. The van der Waals surface area contributed by atoms with Gasteiger partial charge in [0.05, 0.1) is 8.79 Å². The first kappa shape index (κ1) is 12.0. The van der Waals surface area contributed by atoms with E-state index in [1.54, 1.807) is 11.3 Å². The Labute approximate surface area is 98.0 Å². The molecule has 4 heteroatoms. The molecule has 0 radical (unpaired) electrons. The number of hydrogen-bond donors (Lipinski definition) is 2. The molecular weight excluding hydrogens is 260 g/mol. The van der Waals surface area contributed by atoms with Crippen LogP contribution in [-0.4, -0.2) is 13.1 Å². The van der Waals surface area contributed by atoms with E-state index in [2.05, 4.69) is 47.2 Å². The highest BCUT2D eigenvalue weighted by atomic mass is 79.9. The third-order valence-electron chi connectivity index (χ3n) is 2.23. The molecule has 1 aromatic heterocycles. The third-order valence-corrected chi connectivity index (χ3v) is 3.81. The molecule has 0 aliphatic heterocycles. The van der Waals surface area contributed by atoms with Gasteiger partial charge in [0.25, 0.3) is 0 Å². The summed E-state index contributed by atoms with van der Waals surface area (Å²) < 4.78 is 1.16. The predicted octanol–water partition coefficient (Wildman–Crippen LogP) is 3.30. The Morgan fingerprint density at radius 1 is 1.50 bits per heavy atom. The Balaban J connectivity index is 2.28. The fourth-order valence-electron chi connectivity index (χ4n) is 1.04. The maximum absolute atomic E-state index is 5.66. The quantitative estimate of drug-likeness (QED) is 0.866. The van der Waals surface area contributed by atoms with E-state index in [-0.39, 0.29) is 5.41 Å². The van der Waals surface area contributed by atoms with Crippen molar-refractivity contribution < 1.29 is 0 Å². The summed E-state index contributed by atoms with van der Waals surface area (Å²) in [5.74, 6) is 0. The third kappa shape index (κ3) is 3.98. The summed E-state index contributed by atoms with van der Waals surface area (Å²) in [7, 11) is 0. The standard InChI is InChI=1S/C10H17BrN2S/c1-10(2,7-12)5-6-13-9-4-3-8(11)14-9/h3-4,13H,5-7,12H2,1-2H3. The Kier molecular flexibility index (Phi) is 4.41. The van der Waals surface area contributed by atoms with Crippen molar-refractivity contribution in [2.24, 2.45) is 11.1 Å². The summed E-state index contributed by atoms with van der Waals surface area (Å²) in [6, 6.07) is 4.14. The molecule has 0 fully saturated rings. The highest BCUT2D eigenvalue weighted by Crippen LogP contribution is 2.27. The molecular formula is C10H17BrN2S. The van der Waals surface area contributed by atoms with Crippen molar-refractivity contribution in [3.8, 4) is 0 Å². The maximum atomic E-state index is 5.66. The fourth-order valence-corrected chi connectivity index (χ4v) is 2.35. The molecule has 0 bridgehead atoms. The van der Waals surface area contributed by atoms with Crippen LogP contribution in [0.5, 0.6) is 0 Å². The van der Waals surface area contributed by atoms with Crippen LogP contribution < -0.4 is 11.1 Å². The van der Waals surface area contributed by atoms with Gasteiger partial charge in [-0.05, 0) is 46.4 Å². The number of halogens is 1. The van der Waals surface area contributed by atoms with Gasteiger partial charge in [-0.15, -0.1) is 11.3 Å². The summed E-state index contributed by atoms with van der Waals surface area (Å²) in [4.78, 5) is 0. The van der Waals surface area contributed by atoms with E-state index in [1.165, 1.54) is 5.00 Å². The Hall–Kier alpha value is -0.0600. The number of nitrogens with one attached hydrogen (secondary N) is 1. The molecule has 14 heavy (non-hydrogen) atoms. The average molecular weight is 277 g/mol. The van der Waals surface area contributed by atoms with E-state index in [9.17, 15) is 0 Å². The maximum Gasteiger partial charge on any atom is 0.0894 e. The van der Waals surface area contributed by atoms with Crippen molar-refractivity contribution in [3.05, 3.63) is 15.9 Å². The van der Waals surface area contributed by atoms with Gasteiger partial charge in [-0.25, -0.2) is 0 Å². The van der Waals surface area contributed by atoms with Gasteiger partial charge in [0.15, 0.2) is 0 Å². The number of hydrogen-bond acceptors (Lipinski definition) is 3. The molecule has 0 aromatic carbocycles. The minimum absolute atomic E-state index is 0.238. The van der Waals surface area contributed by atoms with Crippen LogP contribution in [0.4, 0.5) is 5.00 Å². The van der Waals surface area contributed by atoms with Gasteiger partial charge in [-0.2, -0.15) is 0 Å². The van der Waals surface area contributed by atoms with Crippen molar-refractivity contribution in [1.82, 2.24) is 0 Å². The summed E-state index contributed by atoms with van der Waals surface area (Å²) >= 11 is 5.16. The number of thiophene rings is 1. The molecule has 80 valence electrons. The first-order valence-corrected chi connectivity index (χ1v) is 6.34. The molecule has 3 N–H and O–H groups in total. The van der Waals surface area contributed by atoms with Crippen LogP contribution in [0.25, 0.3) is 0 Å². The van der Waals surface area contributed by atoms with Gasteiger partial charge in [-0.1, -0.05) is 13.8 Å². The van der Waals surface area contributed by atoms with Crippen molar-refractivity contribution in [2.75, 3.05) is 18.4 Å². The topological polar surface area (TPSA) is 38.0 Å². The van der Waals surface area contributed by atoms with E-state index in [0.717, 1.165) is 23.3 Å². The average Bonchev–Trinajstić information content (AvgIpc) is 2.51. The van der Waals surface area contributed by atoms with Crippen molar-refractivity contribution in [1.29, 1.82) is 0 Å². The highest BCUT2D eigenvalue weighted by Gasteiger charge is 2.14. The first-order valence-electron chi connectivity index (χ1n) is 4.73. The van der Waals surface area contributed by atoms with Crippen LogP contribution in [0.1, 0.15) is 20.3 Å². The molecule has 0 saturated heterocycles. The number of rotatable bonds is 5. The molecule has 0 aliphatic rings. The van der Waals surface area contributed by atoms with E-state index < -0.39 is 0 Å². The lowest BCUT2D eigenvalue weighted by atomic mass is 9.90. The molecule has 0 amide bonds. The summed E-state index contributed by atoms with van der Waals surface area (Å²) in [6.07, 6.45) is 1.10. The van der Waals surface area contributed by atoms with Gasteiger partial charge < -0.3 is 11.1 Å². The largest absolute Gasteiger partial charge is 0.377 e. The predicted molar refractivity (Wildman–Crippen MR) is 68.0 cm³/mol. The SMILES string of the molecule is CC(C)(CN)CCNc1ccc(Br)s1. The van der Waals surface area contributed by atoms with Gasteiger partial charge in [0.1, 0.15) is 0 Å². The van der Waals surface area contributed by atoms with E-state index in [1.807, 2.05) is 0 Å². The van der Waals surface area contributed by atoms with Crippen LogP contribution in [-0.2, 0) is 0 Å². The zero-order valence-corrected chi connectivity index (χ0v) is 11.0. The molecule has 0 unspecified atom stereocenters. The molecule has 2 nitrogen and oxygen atoms in total. The molecule has 1 aromatic rings. The van der Waals surface area contributed by atoms with Crippen LogP contribution in [0.3, 0.4) is 0 Å². The van der Waals surface area contributed by atoms with Crippen LogP contribution in [0, 0.1) is 5.41 Å². The Bertz CT molecular complexity index is 283. The van der Waals surface area contributed by atoms with Crippen molar-refractivity contribution in [2.45, 2.75) is 20.3 Å². The lowest BCUT2D eigenvalue weighted by Gasteiger charge is -2.22. The van der Waals surface area contributed by atoms with E-state index >= 15 is 0 Å². The number of nitrogens with two attached hydrogens (primary N) is 1. The van der Waals surface area contributed by atoms with Crippen LogP contribution in [0.15, 0.2) is 15.9 Å². The zero-order valence-electron chi connectivity index (χ0n) is 8.64. The smallest absolute Gasteiger partial charge is 0.0894 e. The Morgan fingerprint density at radius 2 is 2.21 bits per heavy atom. The fraction of sp³-hybridized carbons (Fsp3) is 0.600. The molecule has 1 heterocycles. The molecule has 0 spiro atoms. The summed E-state index contributed by atoms with van der Waals surface area (Å²) in [5, 5.41) is 4.60. The molecule has 0 atom stereocenters. The summed E-state index contributed by atoms with van der Waals surface area (Å²) in [6.45, 7) is 6.11. The van der Waals surface area contributed by atoms with E-state index in [4.69, 9.17) is 5.73 Å². The second kappa shape index (κ2) is 5.14. The second-order valence-corrected chi connectivity index (χ2v) is 6.61. The normalized spacial score (nSPS) is 11.7. The minimum atomic E-state index is 0.238. The molecule has 0 saturated carbocycles. The van der Waals surface area contributed by atoms with Gasteiger partial charge >= 0.3 is 0 Å². The van der Waals surface area contributed by atoms with Gasteiger partial charge in [0, 0.05) is 6.54 Å². The molecule has 0 aliphatic carbocycles. The number of anilines is 1. The van der Waals surface area contributed by atoms with E-state index in [0.29, 0.717) is 0 Å². The van der Waals surface area contributed by atoms with Crippen LogP contribution >= 0.6 is 27.3 Å². The van der Waals surface area contributed by atoms with Gasteiger partial charge in [0.2, 0.25) is 0 Å². The minimum Gasteiger partial charge on any atom is -0.377 e. The lowest BCUT2D eigenvalue weighted by Crippen LogP contribution is -2.26. The first-order chi connectivity index (χ1) is 6.53. The van der Waals surface area contributed by atoms with Crippen molar-refractivity contribution >= 4 is 32.3 Å². The lowest BCUT2D eigenvalue weighted by molar-refractivity contribution is 0.358. The zero-order chi connectivity index (χ0) is 10.6.